The highest BCUT2D eigenvalue weighted by atomic mass is 35.5. The number of thiazole rings is 1. The second-order valence-electron chi connectivity index (χ2n) is 9.71. The van der Waals surface area contributed by atoms with Crippen molar-refractivity contribution in [3.63, 3.8) is 0 Å². The molecule has 0 fully saturated rings. The van der Waals surface area contributed by atoms with E-state index in [4.69, 9.17) is 16.2 Å². The number of carbonyl (C=O) groups excluding carboxylic acids is 1. The van der Waals surface area contributed by atoms with E-state index in [1.54, 1.807) is 28.5 Å². The number of fused-ring (bicyclic) bond motifs is 2. The van der Waals surface area contributed by atoms with Crippen LogP contribution in [0.1, 0.15) is 36.8 Å². The van der Waals surface area contributed by atoms with Gasteiger partial charge in [0.2, 0.25) is 22.1 Å². The molecule has 2 N–H and O–H groups in total. The molecule has 0 atom stereocenters. The average molecular weight is 657 g/mol. The topological polar surface area (TPSA) is 125 Å². The maximum Gasteiger partial charge on any atom is 0.299 e. The zero-order valence-corrected chi connectivity index (χ0v) is 26.8. The minimum absolute atomic E-state index is 0.202. The van der Waals surface area contributed by atoms with E-state index in [9.17, 15) is 21.6 Å². The second-order valence-corrected chi connectivity index (χ2v) is 15.6. The van der Waals surface area contributed by atoms with Crippen molar-refractivity contribution in [1.82, 2.24) is 4.72 Å². The normalized spacial score (nSPS) is 15.1. The van der Waals surface area contributed by atoms with E-state index in [0.29, 0.717) is 30.8 Å². The Kier molecular flexibility index (Phi) is 9.87. The van der Waals surface area contributed by atoms with Gasteiger partial charge in [-0.15, -0.1) is 0 Å². The number of benzene rings is 2. The number of aryl methyl sites for hydroxylation is 1. The molecule has 0 bridgehead atoms. The van der Waals surface area contributed by atoms with Crippen molar-refractivity contribution in [2.24, 2.45) is 0 Å². The van der Waals surface area contributed by atoms with Crippen LogP contribution >= 0.6 is 34.7 Å². The number of anilines is 1. The number of halogens is 1. The van der Waals surface area contributed by atoms with Crippen LogP contribution in [-0.2, 0) is 31.5 Å². The molecule has 0 spiro atoms. The molecule has 0 radical (unpaired) electrons. The molecule has 14 heteroatoms. The highest BCUT2D eigenvalue weighted by Crippen LogP contribution is 2.47. The van der Waals surface area contributed by atoms with Gasteiger partial charge < -0.3 is 4.90 Å². The number of hydrogen-bond acceptors (Lipinski definition) is 8. The number of sulfonamides is 1. The lowest BCUT2D eigenvalue weighted by atomic mass is 10.1. The van der Waals surface area contributed by atoms with Crippen molar-refractivity contribution >= 4 is 82.7 Å². The molecule has 220 valence electrons. The van der Waals surface area contributed by atoms with Crippen LogP contribution in [0.25, 0.3) is 16.3 Å². The Morgan fingerprint density at radius 2 is 1.90 bits per heavy atom. The average Bonchev–Trinajstić information content (AvgIpc) is 3.36. The number of unbranched alkanes of at least 4 members (excludes halogenated alkanes) is 1. The number of thioether (sulfide) groups is 1. The fraction of sp³-hybridized carbons (Fsp3) is 0.333. The molecule has 1 aromatic heterocycles. The minimum Gasteiger partial charge on any atom is -0.335 e. The lowest BCUT2D eigenvalue weighted by molar-refractivity contribution is -0.655. The maximum atomic E-state index is 12.6. The molecule has 3 aromatic rings. The van der Waals surface area contributed by atoms with Gasteiger partial charge in [0.15, 0.2) is 0 Å². The van der Waals surface area contributed by atoms with Crippen molar-refractivity contribution in [2.75, 3.05) is 23.5 Å². The standard InChI is InChI=1S/C27H30ClN3O6S4/c1-4-19(14-26-30(11-5-6-12-41(35,36)37)21-13-18(2)7-9-23(21)38-26)15-27-31(17-25(32)29-40(3,33)34)22-16-20(28)8-10-24(22)39-27/h7-10,13-16H,4-6,11-12,17H2,1-3H3,(H-,29,32,35,36,37)/p+1. The zero-order valence-electron chi connectivity index (χ0n) is 22.8. The van der Waals surface area contributed by atoms with E-state index in [2.05, 4.69) is 29.2 Å². The molecule has 1 amide bonds. The number of allylic oxidation sites excluding steroid dienone is 2. The number of amides is 1. The number of aromatic nitrogens is 1. The summed E-state index contributed by atoms with van der Waals surface area (Å²) in [6.45, 7) is 4.43. The Labute approximate surface area is 253 Å². The molecule has 0 unspecified atom stereocenters. The van der Waals surface area contributed by atoms with Crippen LogP contribution in [0.4, 0.5) is 5.69 Å². The van der Waals surface area contributed by atoms with Crippen LogP contribution < -0.4 is 14.2 Å². The molecular weight excluding hydrogens is 626 g/mol. The number of carbonyl (C=O) groups is 1. The van der Waals surface area contributed by atoms with Crippen molar-refractivity contribution in [3.05, 3.63) is 68.7 Å². The molecule has 4 rings (SSSR count). The third kappa shape index (κ3) is 8.55. The van der Waals surface area contributed by atoms with Gasteiger partial charge in [-0.2, -0.15) is 13.0 Å². The SMILES string of the molecule is CCC(=Cc1sc2ccc(Cl)cc2[n+]1CC(=O)NS(C)(=O)=O)C=C1Sc2ccc(C)cc2N1CCCCS(=O)(=O)O. The first kappa shape index (κ1) is 31.5. The molecule has 2 heterocycles. The fourth-order valence-electron chi connectivity index (χ4n) is 4.39. The number of nitrogens with zero attached hydrogens (tertiary/aromatic N) is 2. The first-order chi connectivity index (χ1) is 19.2. The van der Waals surface area contributed by atoms with Crippen molar-refractivity contribution in [2.45, 2.75) is 44.6 Å². The molecule has 0 aliphatic carbocycles. The van der Waals surface area contributed by atoms with Crippen LogP contribution in [0.5, 0.6) is 0 Å². The summed E-state index contributed by atoms with van der Waals surface area (Å²) in [7, 11) is -7.73. The Hall–Kier alpha value is -2.42. The first-order valence-corrected chi connectivity index (χ1v) is 18.3. The predicted molar refractivity (Wildman–Crippen MR) is 166 cm³/mol. The highest BCUT2D eigenvalue weighted by Gasteiger charge is 2.27. The predicted octanol–water partition coefficient (Wildman–Crippen LogP) is 5.14. The van der Waals surface area contributed by atoms with E-state index >= 15 is 0 Å². The van der Waals surface area contributed by atoms with Gasteiger partial charge in [0.25, 0.3) is 21.0 Å². The molecule has 1 aliphatic heterocycles. The van der Waals surface area contributed by atoms with Crippen LogP contribution in [0.15, 0.2) is 58.0 Å². The van der Waals surface area contributed by atoms with E-state index in [-0.39, 0.29) is 12.3 Å². The van der Waals surface area contributed by atoms with Gasteiger partial charge in [0.05, 0.1) is 22.7 Å². The summed E-state index contributed by atoms with van der Waals surface area (Å²) < 4.78 is 59.5. The summed E-state index contributed by atoms with van der Waals surface area (Å²) in [6.07, 6.45) is 6.60. The molecule has 9 nitrogen and oxygen atoms in total. The molecule has 41 heavy (non-hydrogen) atoms. The molecule has 1 aliphatic rings. The van der Waals surface area contributed by atoms with Crippen molar-refractivity contribution in [3.8, 4) is 0 Å². The van der Waals surface area contributed by atoms with Gasteiger partial charge in [-0.25, -0.2) is 13.1 Å². The third-order valence-corrected chi connectivity index (χ3v) is 10.1. The molecular formula is C27H31ClN3O6S4+. The largest absolute Gasteiger partial charge is 0.335 e. The summed E-state index contributed by atoms with van der Waals surface area (Å²) in [5.74, 6) is -0.937. The lowest BCUT2D eigenvalue weighted by Gasteiger charge is -2.21. The third-order valence-electron chi connectivity index (χ3n) is 6.24. The second kappa shape index (κ2) is 12.8. The Morgan fingerprint density at radius 3 is 2.59 bits per heavy atom. The summed E-state index contributed by atoms with van der Waals surface area (Å²) in [6, 6.07) is 11.6. The molecule has 0 saturated heterocycles. The number of hydrogen-bond donors (Lipinski definition) is 2. The van der Waals surface area contributed by atoms with Crippen LogP contribution in [0.3, 0.4) is 0 Å². The van der Waals surface area contributed by atoms with Gasteiger partial charge in [-0.1, -0.05) is 47.7 Å². The van der Waals surface area contributed by atoms with Gasteiger partial charge in [-0.3, -0.25) is 9.35 Å². The van der Waals surface area contributed by atoms with E-state index in [1.165, 1.54) is 11.3 Å². The van der Waals surface area contributed by atoms with Gasteiger partial charge >= 0.3 is 0 Å². The van der Waals surface area contributed by atoms with Crippen LogP contribution in [0, 0.1) is 6.92 Å². The van der Waals surface area contributed by atoms with Crippen molar-refractivity contribution < 1.29 is 30.7 Å². The lowest BCUT2D eigenvalue weighted by Crippen LogP contribution is -2.45. The fourth-order valence-corrected chi connectivity index (χ4v) is 7.87. The highest BCUT2D eigenvalue weighted by molar-refractivity contribution is 8.03. The van der Waals surface area contributed by atoms with Gasteiger partial charge in [-0.05, 0) is 67.7 Å². The zero-order chi connectivity index (χ0) is 29.9. The van der Waals surface area contributed by atoms with Crippen molar-refractivity contribution in [1.29, 1.82) is 0 Å². The van der Waals surface area contributed by atoms with Gasteiger partial charge in [0.1, 0.15) is 4.70 Å². The summed E-state index contributed by atoms with van der Waals surface area (Å²) >= 11 is 9.35. The Morgan fingerprint density at radius 1 is 1.15 bits per heavy atom. The molecule has 0 saturated carbocycles. The summed E-state index contributed by atoms with van der Waals surface area (Å²) in [4.78, 5) is 15.8. The monoisotopic (exact) mass is 656 g/mol. The summed E-state index contributed by atoms with van der Waals surface area (Å²) in [5.41, 5.74) is 3.86. The number of nitrogens with one attached hydrogen (secondary N) is 1. The first-order valence-electron chi connectivity index (χ1n) is 12.8. The van der Waals surface area contributed by atoms with E-state index in [1.807, 2.05) is 30.7 Å². The molecule has 2 aromatic carbocycles. The van der Waals surface area contributed by atoms with Crippen LogP contribution in [0.2, 0.25) is 5.02 Å². The Bertz CT molecular complexity index is 1760. The maximum absolute atomic E-state index is 12.6. The van der Waals surface area contributed by atoms with E-state index < -0.39 is 26.0 Å². The minimum atomic E-state index is -4.01. The van der Waals surface area contributed by atoms with Crippen LogP contribution in [-0.4, -0.2) is 45.8 Å². The van der Waals surface area contributed by atoms with E-state index in [0.717, 1.165) is 48.2 Å². The summed E-state index contributed by atoms with van der Waals surface area (Å²) in [5, 5.41) is 2.24. The number of rotatable bonds is 11. The smallest absolute Gasteiger partial charge is 0.299 e. The quantitative estimate of drug-likeness (QED) is 0.165. The van der Waals surface area contributed by atoms with Gasteiger partial charge in [0, 0.05) is 28.6 Å². The Balaban J connectivity index is 1.71.